The summed E-state index contributed by atoms with van der Waals surface area (Å²) in [4.78, 5) is 6.78. The van der Waals surface area contributed by atoms with E-state index in [0.717, 1.165) is 23.4 Å². The van der Waals surface area contributed by atoms with Crippen molar-refractivity contribution in [2.45, 2.75) is 26.3 Å². The van der Waals surface area contributed by atoms with Crippen molar-refractivity contribution < 1.29 is 0 Å². The van der Waals surface area contributed by atoms with Crippen LogP contribution in [0.3, 0.4) is 0 Å². The largest absolute Gasteiger partial charge is 0.356 e. The molecule has 0 saturated carbocycles. The van der Waals surface area contributed by atoms with Gasteiger partial charge in [-0.1, -0.05) is 0 Å². The molecule has 0 radical (unpaired) electrons. The van der Waals surface area contributed by atoms with Gasteiger partial charge < -0.3 is 10.6 Å². The van der Waals surface area contributed by atoms with E-state index in [4.69, 9.17) is 5.73 Å². The number of rotatable bonds is 2. The van der Waals surface area contributed by atoms with Gasteiger partial charge in [-0.05, 0) is 53.7 Å². The Morgan fingerprint density at radius 1 is 1.62 bits per heavy atom. The lowest BCUT2D eigenvalue weighted by Crippen LogP contribution is -2.30. The van der Waals surface area contributed by atoms with Gasteiger partial charge in [0.15, 0.2) is 0 Å². The fraction of sp³-hybridized carbons (Fsp3) is 0.583. The molecule has 1 aliphatic rings. The molecule has 2 heterocycles. The van der Waals surface area contributed by atoms with Gasteiger partial charge in [0.1, 0.15) is 5.82 Å². The summed E-state index contributed by atoms with van der Waals surface area (Å²) in [5, 5.41) is 0. The number of aryl methyl sites for hydroxylation is 1. The number of anilines is 1. The van der Waals surface area contributed by atoms with Gasteiger partial charge in [-0.2, -0.15) is 0 Å². The maximum Gasteiger partial charge on any atom is 0.128 e. The van der Waals surface area contributed by atoms with Gasteiger partial charge in [0, 0.05) is 29.8 Å². The summed E-state index contributed by atoms with van der Waals surface area (Å²) in [6.45, 7) is 6.29. The Morgan fingerprint density at radius 3 is 2.94 bits per heavy atom. The van der Waals surface area contributed by atoms with Crippen molar-refractivity contribution in [1.29, 1.82) is 0 Å². The van der Waals surface area contributed by atoms with Gasteiger partial charge in [0.05, 0.1) is 0 Å². The van der Waals surface area contributed by atoms with Gasteiger partial charge in [0.25, 0.3) is 0 Å². The molecular formula is C12H18BrN3. The third-order valence-electron chi connectivity index (χ3n) is 3.32. The highest BCUT2D eigenvalue weighted by atomic mass is 79.9. The van der Waals surface area contributed by atoms with Crippen LogP contribution in [0.2, 0.25) is 0 Å². The van der Waals surface area contributed by atoms with E-state index in [9.17, 15) is 0 Å². The Labute approximate surface area is 105 Å². The topological polar surface area (TPSA) is 42.1 Å². The summed E-state index contributed by atoms with van der Waals surface area (Å²) in [6, 6.07) is 2.41. The van der Waals surface area contributed by atoms with Crippen molar-refractivity contribution in [3.8, 4) is 0 Å². The molecule has 0 aliphatic carbocycles. The minimum Gasteiger partial charge on any atom is -0.356 e. The zero-order chi connectivity index (χ0) is 11.7. The second-order valence-corrected chi connectivity index (χ2v) is 5.50. The fourth-order valence-electron chi connectivity index (χ4n) is 2.12. The van der Waals surface area contributed by atoms with Crippen molar-refractivity contribution in [3.63, 3.8) is 0 Å². The average molecular weight is 284 g/mol. The smallest absolute Gasteiger partial charge is 0.128 e. The Kier molecular flexibility index (Phi) is 3.50. The zero-order valence-electron chi connectivity index (χ0n) is 9.78. The predicted octanol–water partition coefficient (Wildman–Crippen LogP) is 2.33. The summed E-state index contributed by atoms with van der Waals surface area (Å²) in [7, 11) is 0. The number of aromatic nitrogens is 1. The van der Waals surface area contributed by atoms with Crippen LogP contribution in [0.5, 0.6) is 0 Å². The molecule has 1 aromatic heterocycles. The monoisotopic (exact) mass is 283 g/mol. The molecule has 1 fully saturated rings. The third-order valence-corrected chi connectivity index (χ3v) is 4.15. The molecular weight excluding hydrogens is 266 g/mol. The van der Waals surface area contributed by atoms with E-state index in [-0.39, 0.29) is 6.04 Å². The lowest BCUT2D eigenvalue weighted by Gasteiger charge is -2.19. The predicted molar refractivity (Wildman–Crippen MR) is 70.6 cm³/mol. The third kappa shape index (κ3) is 2.38. The van der Waals surface area contributed by atoms with Gasteiger partial charge >= 0.3 is 0 Å². The summed E-state index contributed by atoms with van der Waals surface area (Å²) >= 11 is 3.47. The summed E-state index contributed by atoms with van der Waals surface area (Å²) in [5.74, 6) is 1.68. The Morgan fingerprint density at radius 2 is 2.38 bits per heavy atom. The lowest BCUT2D eigenvalue weighted by molar-refractivity contribution is 0.488. The minimum absolute atomic E-state index is 0.279. The first kappa shape index (κ1) is 11.9. The molecule has 0 spiro atoms. The van der Waals surface area contributed by atoms with E-state index in [2.05, 4.69) is 45.7 Å². The van der Waals surface area contributed by atoms with E-state index in [1.807, 2.05) is 6.20 Å². The first-order valence-corrected chi connectivity index (χ1v) is 6.50. The van der Waals surface area contributed by atoms with Crippen LogP contribution >= 0.6 is 15.9 Å². The average Bonchev–Trinajstić information content (AvgIpc) is 2.71. The van der Waals surface area contributed by atoms with E-state index in [1.165, 1.54) is 12.0 Å². The van der Waals surface area contributed by atoms with Crippen LogP contribution in [-0.2, 0) is 0 Å². The van der Waals surface area contributed by atoms with Gasteiger partial charge in [-0.3, -0.25) is 0 Å². The van der Waals surface area contributed by atoms with E-state index < -0.39 is 0 Å². The maximum absolute atomic E-state index is 5.94. The Balaban J connectivity index is 2.11. The molecule has 1 aliphatic heterocycles. The van der Waals surface area contributed by atoms with Crippen molar-refractivity contribution in [1.82, 2.24) is 4.98 Å². The molecule has 2 N–H and O–H groups in total. The molecule has 0 amide bonds. The van der Waals surface area contributed by atoms with Crippen LogP contribution in [0.1, 0.15) is 18.9 Å². The minimum atomic E-state index is 0.279. The van der Waals surface area contributed by atoms with Gasteiger partial charge in [0.2, 0.25) is 0 Å². The van der Waals surface area contributed by atoms with Crippen LogP contribution < -0.4 is 10.6 Å². The number of nitrogens with two attached hydrogens (primary N) is 1. The second kappa shape index (κ2) is 4.72. The molecule has 0 bridgehead atoms. The number of nitrogens with zero attached hydrogens (tertiary/aromatic N) is 2. The Bertz CT molecular complexity index is 379. The van der Waals surface area contributed by atoms with Crippen molar-refractivity contribution in [2.24, 2.45) is 11.7 Å². The van der Waals surface area contributed by atoms with Gasteiger partial charge in [-0.15, -0.1) is 0 Å². The van der Waals surface area contributed by atoms with Crippen LogP contribution in [0.25, 0.3) is 0 Å². The number of hydrogen-bond acceptors (Lipinski definition) is 3. The van der Waals surface area contributed by atoms with E-state index >= 15 is 0 Å². The number of hydrogen-bond donors (Lipinski definition) is 1. The molecule has 88 valence electrons. The first-order chi connectivity index (χ1) is 7.58. The fourth-order valence-corrected chi connectivity index (χ4v) is 2.34. The van der Waals surface area contributed by atoms with Crippen molar-refractivity contribution in [2.75, 3.05) is 18.0 Å². The molecule has 0 aromatic carbocycles. The Hall–Kier alpha value is -0.610. The van der Waals surface area contributed by atoms with Crippen LogP contribution in [0.4, 0.5) is 5.82 Å². The van der Waals surface area contributed by atoms with Crippen molar-refractivity contribution in [3.05, 3.63) is 22.3 Å². The molecule has 1 aromatic rings. The molecule has 4 heteroatoms. The highest BCUT2D eigenvalue weighted by Crippen LogP contribution is 2.26. The van der Waals surface area contributed by atoms with Crippen LogP contribution in [0.15, 0.2) is 16.7 Å². The van der Waals surface area contributed by atoms with E-state index in [0.29, 0.717) is 5.92 Å². The number of pyridine rings is 1. The summed E-state index contributed by atoms with van der Waals surface area (Å²) in [6.07, 6.45) is 3.05. The van der Waals surface area contributed by atoms with Gasteiger partial charge in [-0.25, -0.2) is 4.98 Å². The maximum atomic E-state index is 5.94. The SMILES string of the molecule is Cc1cc(N2CCC(C(C)N)C2)ncc1Br. The highest BCUT2D eigenvalue weighted by molar-refractivity contribution is 9.10. The number of halogens is 1. The zero-order valence-corrected chi connectivity index (χ0v) is 11.4. The van der Waals surface area contributed by atoms with Crippen LogP contribution in [-0.4, -0.2) is 24.1 Å². The second-order valence-electron chi connectivity index (χ2n) is 4.65. The molecule has 2 rings (SSSR count). The molecule has 2 unspecified atom stereocenters. The highest BCUT2D eigenvalue weighted by Gasteiger charge is 2.25. The first-order valence-electron chi connectivity index (χ1n) is 5.70. The van der Waals surface area contributed by atoms with Crippen molar-refractivity contribution >= 4 is 21.7 Å². The lowest BCUT2D eigenvalue weighted by atomic mass is 10.0. The summed E-state index contributed by atoms with van der Waals surface area (Å²) < 4.78 is 1.07. The normalized spacial score (nSPS) is 22.5. The quantitative estimate of drug-likeness (QED) is 0.906. The standard InChI is InChI=1S/C12H18BrN3/c1-8-5-12(15-6-11(8)13)16-4-3-10(7-16)9(2)14/h5-6,9-10H,3-4,7,14H2,1-2H3. The molecule has 16 heavy (non-hydrogen) atoms. The summed E-state index contributed by atoms with van der Waals surface area (Å²) in [5.41, 5.74) is 7.17. The molecule has 3 nitrogen and oxygen atoms in total. The molecule has 1 saturated heterocycles. The van der Waals surface area contributed by atoms with E-state index in [1.54, 1.807) is 0 Å². The molecule has 2 atom stereocenters. The van der Waals surface area contributed by atoms with Crippen LogP contribution in [0, 0.1) is 12.8 Å².